The van der Waals surface area contributed by atoms with Gasteiger partial charge < -0.3 is 10.6 Å². The lowest BCUT2D eigenvalue weighted by molar-refractivity contribution is 0.0941. The average Bonchev–Trinajstić information content (AvgIpc) is 3.80. The Morgan fingerprint density at radius 3 is 2.71 bits per heavy atom. The van der Waals surface area contributed by atoms with Crippen LogP contribution in [0.1, 0.15) is 74.2 Å². The molecule has 3 aromatic heterocycles. The molecule has 2 N–H and O–H groups in total. The van der Waals surface area contributed by atoms with Gasteiger partial charge >= 0.3 is 0 Å². The number of rotatable bonds is 8. The van der Waals surface area contributed by atoms with Crippen LogP contribution in [0.5, 0.6) is 0 Å². The first kappa shape index (κ1) is 21.0. The molecule has 0 aliphatic heterocycles. The zero-order chi connectivity index (χ0) is 23.2. The molecule has 34 heavy (non-hydrogen) atoms. The molecule has 2 fully saturated rings. The number of benzene rings is 1. The maximum atomic E-state index is 12.8. The van der Waals surface area contributed by atoms with Crippen LogP contribution >= 0.6 is 0 Å². The Bertz CT molecular complexity index is 1370. The van der Waals surface area contributed by atoms with Gasteiger partial charge in [-0.05, 0) is 62.6 Å². The molecule has 3 heterocycles. The SMILES string of the molecule is CCC(C)n1ncc2nc(C(=O)NC3CC3)nc(NC(c3cnc4ccccc4c3)C3CC3)c21. The van der Waals surface area contributed by atoms with Gasteiger partial charge in [0.2, 0.25) is 5.82 Å². The Labute approximate surface area is 198 Å². The molecule has 8 heteroatoms. The summed E-state index contributed by atoms with van der Waals surface area (Å²) >= 11 is 0. The number of nitrogens with zero attached hydrogens (tertiary/aromatic N) is 5. The van der Waals surface area contributed by atoms with Gasteiger partial charge in [-0.15, -0.1) is 0 Å². The number of nitrogens with one attached hydrogen (secondary N) is 2. The first-order chi connectivity index (χ1) is 16.6. The molecule has 2 aliphatic carbocycles. The van der Waals surface area contributed by atoms with Crippen molar-refractivity contribution in [3.63, 3.8) is 0 Å². The molecule has 1 amide bonds. The lowest BCUT2D eigenvalue weighted by atomic mass is 10.0. The summed E-state index contributed by atoms with van der Waals surface area (Å²) < 4.78 is 1.98. The van der Waals surface area contributed by atoms with Gasteiger partial charge in [0.1, 0.15) is 11.0 Å². The summed E-state index contributed by atoms with van der Waals surface area (Å²) in [6, 6.07) is 10.9. The average molecular weight is 456 g/mol. The van der Waals surface area contributed by atoms with Gasteiger partial charge in [0, 0.05) is 23.7 Å². The molecule has 2 saturated carbocycles. The third-order valence-corrected chi connectivity index (χ3v) is 6.92. The maximum absolute atomic E-state index is 12.8. The molecule has 4 aromatic rings. The number of carbonyl (C=O) groups is 1. The fraction of sp³-hybridized carbons (Fsp3) is 0.423. The lowest BCUT2D eigenvalue weighted by Crippen LogP contribution is -2.28. The summed E-state index contributed by atoms with van der Waals surface area (Å²) in [6.45, 7) is 4.27. The molecule has 0 saturated heterocycles. The zero-order valence-electron chi connectivity index (χ0n) is 19.5. The van der Waals surface area contributed by atoms with E-state index < -0.39 is 0 Å². The number of amides is 1. The highest BCUT2D eigenvalue weighted by atomic mass is 16.2. The van der Waals surface area contributed by atoms with Crippen molar-refractivity contribution in [1.82, 2.24) is 30.0 Å². The second-order valence-electron chi connectivity index (χ2n) is 9.64. The van der Waals surface area contributed by atoms with Crippen molar-refractivity contribution in [3.05, 3.63) is 54.1 Å². The molecule has 0 bridgehead atoms. The summed E-state index contributed by atoms with van der Waals surface area (Å²) in [7, 11) is 0. The van der Waals surface area contributed by atoms with Crippen molar-refractivity contribution in [2.75, 3.05) is 5.32 Å². The third-order valence-electron chi connectivity index (χ3n) is 6.92. The smallest absolute Gasteiger partial charge is 0.289 e. The quantitative estimate of drug-likeness (QED) is 0.396. The van der Waals surface area contributed by atoms with E-state index in [1.807, 2.05) is 29.1 Å². The molecule has 0 radical (unpaired) electrons. The summed E-state index contributed by atoms with van der Waals surface area (Å²) in [5.74, 6) is 1.13. The van der Waals surface area contributed by atoms with Crippen molar-refractivity contribution >= 4 is 33.7 Å². The minimum atomic E-state index is -0.223. The van der Waals surface area contributed by atoms with Crippen LogP contribution < -0.4 is 10.6 Å². The van der Waals surface area contributed by atoms with E-state index in [-0.39, 0.29) is 29.9 Å². The fourth-order valence-corrected chi connectivity index (χ4v) is 4.46. The monoisotopic (exact) mass is 455 g/mol. The van der Waals surface area contributed by atoms with Crippen LogP contribution in [-0.4, -0.2) is 36.7 Å². The zero-order valence-corrected chi connectivity index (χ0v) is 19.5. The second-order valence-corrected chi connectivity index (χ2v) is 9.64. The Hall–Kier alpha value is -3.55. The molecular weight excluding hydrogens is 426 g/mol. The van der Waals surface area contributed by atoms with Crippen LogP contribution in [0.4, 0.5) is 5.82 Å². The van der Waals surface area contributed by atoms with Crippen LogP contribution in [0.2, 0.25) is 0 Å². The summed E-state index contributed by atoms with van der Waals surface area (Å²) in [5, 5.41) is 12.4. The summed E-state index contributed by atoms with van der Waals surface area (Å²) in [5.41, 5.74) is 3.65. The molecule has 1 aromatic carbocycles. The van der Waals surface area contributed by atoms with Crippen LogP contribution in [0.3, 0.4) is 0 Å². The number of aromatic nitrogens is 5. The second kappa shape index (κ2) is 8.34. The number of hydrogen-bond acceptors (Lipinski definition) is 6. The lowest BCUT2D eigenvalue weighted by Gasteiger charge is -2.21. The number of anilines is 1. The molecule has 2 aliphatic rings. The fourth-order valence-electron chi connectivity index (χ4n) is 4.46. The van der Waals surface area contributed by atoms with Crippen LogP contribution in [0.15, 0.2) is 42.7 Å². The van der Waals surface area contributed by atoms with E-state index in [9.17, 15) is 4.79 Å². The first-order valence-electron chi connectivity index (χ1n) is 12.3. The first-order valence-corrected chi connectivity index (χ1v) is 12.3. The predicted molar refractivity (Wildman–Crippen MR) is 132 cm³/mol. The number of para-hydroxylation sites is 1. The Morgan fingerprint density at radius 2 is 1.94 bits per heavy atom. The van der Waals surface area contributed by atoms with Crippen molar-refractivity contribution in [1.29, 1.82) is 0 Å². The van der Waals surface area contributed by atoms with Crippen molar-refractivity contribution in [2.45, 2.75) is 64.1 Å². The largest absolute Gasteiger partial charge is 0.361 e. The highest BCUT2D eigenvalue weighted by Gasteiger charge is 2.34. The molecule has 174 valence electrons. The minimum absolute atomic E-state index is 0.0508. The molecule has 2 unspecified atom stereocenters. The van der Waals surface area contributed by atoms with E-state index in [1.165, 1.54) is 0 Å². The predicted octanol–water partition coefficient (Wildman–Crippen LogP) is 4.80. The van der Waals surface area contributed by atoms with E-state index in [0.29, 0.717) is 17.3 Å². The van der Waals surface area contributed by atoms with Gasteiger partial charge in [-0.2, -0.15) is 5.10 Å². The van der Waals surface area contributed by atoms with Crippen LogP contribution in [0.25, 0.3) is 21.9 Å². The van der Waals surface area contributed by atoms with Gasteiger partial charge in [0.15, 0.2) is 5.82 Å². The van der Waals surface area contributed by atoms with E-state index in [2.05, 4.69) is 46.7 Å². The number of hydrogen-bond donors (Lipinski definition) is 2. The van der Waals surface area contributed by atoms with Crippen LogP contribution in [-0.2, 0) is 0 Å². The number of carbonyl (C=O) groups excluding carboxylic acids is 1. The number of fused-ring (bicyclic) bond motifs is 2. The van der Waals surface area contributed by atoms with E-state index in [1.54, 1.807) is 6.20 Å². The van der Waals surface area contributed by atoms with Gasteiger partial charge in [-0.3, -0.25) is 14.5 Å². The van der Waals surface area contributed by atoms with Gasteiger partial charge in [-0.25, -0.2) is 9.97 Å². The molecule has 2 atom stereocenters. The van der Waals surface area contributed by atoms with E-state index in [0.717, 1.165) is 54.1 Å². The van der Waals surface area contributed by atoms with Crippen molar-refractivity contribution in [3.8, 4) is 0 Å². The Balaban J connectivity index is 1.43. The van der Waals surface area contributed by atoms with Crippen molar-refractivity contribution < 1.29 is 4.79 Å². The van der Waals surface area contributed by atoms with Crippen LogP contribution in [0, 0.1) is 5.92 Å². The third kappa shape index (κ3) is 3.97. The normalized spacial score (nSPS) is 17.6. The topological polar surface area (TPSA) is 97.6 Å². The molecular formula is C26H29N7O. The highest BCUT2D eigenvalue weighted by molar-refractivity contribution is 5.95. The summed E-state index contributed by atoms with van der Waals surface area (Å²) in [6.07, 6.45) is 8.97. The van der Waals surface area contributed by atoms with Crippen molar-refractivity contribution in [2.24, 2.45) is 5.92 Å². The summed E-state index contributed by atoms with van der Waals surface area (Å²) in [4.78, 5) is 26.9. The standard InChI is InChI=1S/C26H29N7O/c1-3-15(2)33-23-21(14-28-33)30-25(26(34)29-19-10-11-19)32-24(23)31-22(16-8-9-16)18-12-17-6-4-5-7-20(17)27-13-18/h4-7,12-16,19,22H,3,8-11H2,1-2H3,(H,29,34)(H,30,31,32). The molecule has 8 nitrogen and oxygen atoms in total. The highest BCUT2D eigenvalue weighted by Crippen LogP contribution is 2.43. The molecule has 0 spiro atoms. The van der Waals surface area contributed by atoms with E-state index >= 15 is 0 Å². The van der Waals surface area contributed by atoms with Gasteiger partial charge in [-0.1, -0.05) is 25.1 Å². The Kier molecular flexibility index (Phi) is 5.16. The minimum Gasteiger partial charge on any atom is -0.361 e. The van der Waals surface area contributed by atoms with E-state index in [4.69, 9.17) is 9.97 Å². The number of pyridine rings is 1. The maximum Gasteiger partial charge on any atom is 0.289 e. The molecule has 6 rings (SSSR count). The van der Waals surface area contributed by atoms with Gasteiger partial charge in [0.25, 0.3) is 5.91 Å². The Morgan fingerprint density at radius 1 is 1.12 bits per heavy atom. The van der Waals surface area contributed by atoms with Gasteiger partial charge in [0.05, 0.1) is 17.8 Å².